The summed E-state index contributed by atoms with van der Waals surface area (Å²) < 4.78 is 13.0. The van der Waals surface area contributed by atoms with Gasteiger partial charge in [-0.2, -0.15) is 0 Å². The molecular formula is C17H18ClFN2O. The fraction of sp³-hybridized carbons (Fsp3) is 0.235. The van der Waals surface area contributed by atoms with E-state index in [0.717, 1.165) is 16.8 Å². The average molecular weight is 321 g/mol. The molecule has 0 saturated carbocycles. The zero-order valence-corrected chi connectivity index (χ0v) is 13.3. The lowest BCUT2D eigenvalue weighted by atomic mass is 10.1. The number of halogens is 2. The lowest BCUT2D eigenvalue weighted by Gasteiger charge is -2.09. The molecule has 0 spiro atoms. The predicted molar refractivity (Wildman–Crippen MR) is 89.1 cm³/mol. The Morgan fingerprint density at radius 2 is 1.77 bits per heavy atom. The van der Waals surface area contributed by atoms with E-state index in [4.69, 9.17) is 11.6 Å². The molecule has 0 aromatic heterocycles. The molecule has 0 saturated heterocycles. The van der Waals surface area contributed by atoms with E-state index in [0.29, 0.717) is 18.7 Å². The molecular weight excluding hydrogens is 303 g/mol. The lowest BCUT2D eigenvalue weighted by Crippen LogP contribution is -2.16. The van der Waals surface area contributed by atoms with Gasteiger partial charge in [-0.3, -0.25) is 4.79 Å². The van der Waals surface area contributed by atoms with E-state index in [9.17, 15) is 9.18 Å². The summed E-state index contributed by atoms with van der Waals surface area (Å²) in [6, 6.07) is 10.3. The van der Waals surface area contributed by atoms with Crippen LogP contribution in [0.25, 0.3) is 0 Å². The summed E-state index contributed by atoms with van der Waals surface area (Å²) >= 11 is 5.70. The van der Waals surface area contributed by atoms with Crippen LogP contribution < -0.4 is 10.6 Å². The predicted octanol–water partition coefficient (Wildman–Crippen LogP) is 4.54. The summed E-state index contributed by atoms with van der Waals surface area (Å²) in [6.45, 7) is 4.42. The van der Waals surface area contributed by atoms with Gasteiger partial charge in [-0.25, -0.2) is 4.39 Å². The van der Waals surface area contributed by atoms with Crippen molar-refractivity contribution in [2.75, 3.05) is 17.2 Å². The molecule has 0 aliphatic carbocycles. The van der Waals surface area contributed by atoms with E-state index in [2.05, 4.69) is 16.7 Å². The third-order valence-corrected chi connectivity index (χ3v) is 3.40. The van der Waals surface area contributed by atoms with Crippen LogP contribution in [-0.2, 0) is 4.79 Å². The molecule has 1 amide bonds. The highest BCUT2D eigenvalue weighted by Crippen LogP contribution is 2.19. The minimum atomic E-state index is -0.459. The first kappa shape index (κ1) is 16.3. The van der Waals surface area contributed by atoms with Crippen molar-refractivity contribution in [3.8, 4) is 0 Å². The molecule has 0 radical (unpaired) electrons. The van der Waals surface area contributed by atoms with Crippen LogP contribution in [0.3, 0.4) is 0 Å². The molecule has 5 heteroatoms. The van der Waals surface area contributed by atoms with E-state index < -0.39 is 5.82 Å². The van der Waals surface area contributed by atoms with Gasteiger partial charge in [-0.15, -0.1) is 0 Å². The second-order valence-corrected chi connectivity index (χ2v) is 5.64. The number of rotatable bonds is 5. The number of hydrogen-bond donors (Lipinski definition) is 2. The third kappa shape index (κ3) is 4.74. The molecule has 0 aliphatic heterocycles. The van der Waals surface area contributed by atoms with E-state index in [1.54, 1.807) is 6.07 Å². The molecule has 2 aromatic rings. The summed E-state index contributed by atoms with van der Waals surface area (Å²) in [6.07, 6.45) is 0.308. The van der Waals surface area contributed by atoms with Gasteiger partial charge in [0.2, 0.25) is 5.91 Å². The SMILES string of the molecule is Cc1cc(C)cc(NC(=O)CCNc2ccc(F)c(Cl)c2)c1. The van der Waals surface area contributed by atoms with Gasteiger partial charge in [0.1, 0.15) is 5.82 Å². The van der Waals surface area contributed by atoms with Crippen molar-refractivity contribution in [2.24, 2.45) is 0 Å². The molecule has 116 valence electrons. The van der Waals surface area contributed by atoms with Crippen LogP contribution in [-0.4, -0.2) is 12.5 Å². The Morgan fingerprint density at radius 3 is 2.41 bits per heavy atom. The first-order chi connectivity index (χ1) is 10.4. The summed E-state index contributed by atoms with van der Waals surface area (Å²) in [7, 11) is 0. The number of carbonyl (C=O) groups excluding carboxylic acids is 1. The van der Waals surface area contributed by atoms with Crippen molar-refractivity contribution in [2.45, 2.75) is 20.3 Å². The molecule has 2 N–H and O–H groups in total. The molecule has 0 aliphatic rings. The van der Waals surface area contributed by atoms with Crippen LogP contribution in [0, 0.1) is 19.7 Å². The highest BCUT2D eigenvalue weighted by atomic mass is 35.5. The summed E-state index contributed by atoms with van der Waals surface area (Å²) in [5.74, 6) is -0.537. The monoisotopic (exact) mass is 320 g/mol. The Labute approximate surface area is 134 Å². The maximum absolute atomic E-state index is 13.0. The third-order valence-electron chi connectivity index (χ3n) is 3.11. The van der Waals surface area contributed by atoms with Gasteiger partial charge in [0.05, 0.1) is 5.02 Å². The second-order valence-electron chi connectivity index (χ2n) is 5.23. The summed E-state index contributed by atoms with van der Waals surface area (Å²) in [4.78, 5) is 11.9. The molecule has 3 nitrogen and oxygen atoms in total. The van der Waals surface area contributed by atoms with E-state index in [1.165, 1.54) is 12.1 Å². The number of aryl methyl sites for hydroxylation is 2. The number of amides is 1. The maximum atomic E-state index is 13.0. The highest BCUT2D eigenvalue weighted by Gasteiger charge is 2.04. The molecule has 2 rings (SSSR count). The topological polar surface area (TPSA) is 41.1 Å². The van der Waals surface area contributed by atoms with Crippen LogP contribution in [0.1, 0.15) is 17.5 Å². The molecule has 0 bridgehead atoms. The standard InChI is InChI=1S/C17H18ClFN2O/c1-11-7-12(2)9-14(8-11)21-17(22)5-6-20-13-3-4-16(19)15(18)10-13/h3-4,7-10,20H,5-6H2,1-2H3,(H,21,22). The zero-order chi connectivity index (χ0) is 16.1. The van der Waals surface area contributed by atoms with Crippen molar-refractivity contribution < 1.29 is 9.18 Å². The Bertz CT molecular complexity index is 668. The molecule has 2 aromatic carbocycles. The molecule has 0 heterocycles. The normalized spacial score (nSPS) is 10.4. The fourth-order valence-corrected chi connectivity index (χ4v) is 2.38. The van der Waals surface area contributed by atoms with Crippen molar-refractivity contribution in [3.05, 3.63) is 58.4 Å². The maximum Gasteiger partial charge on any atom is 0.226 e. The van der Waals surface area contributed by atoms with E-state index in [-0.39, 0.29) is 10.9 Å². The van der Waals surface area contributed by atoms with Crippen molar-refractivity contribution >= 4 is 28.9 Å². The fourth-order valence-electron chi connectivity index (χ4n) is 2.20. The Hall–Kier alpha value is -2.07. The van der Waals surface area contributed by atoms with Gasteiger partial charge in [0.25, 0.3) is 0 Å². The average Bonchev–Trinajstić information content (AvgIpc) is 2.41. The quantitative estimate of drug-likeness (QED) is 0.849. The van der Waals surface area contributed by atoms with Crippen LogP contribution in [0.5, 0.6) is 0 Å². The first-order valence-electron chi connectivity index (χ1n) is 7.01. The van der Waals surface area contributed by atoms with Crippen molar-refractivity contribution in [3.63, 3.8) is 0 Å². The number of benzene rings is 2. The smallest absolute Gasteiger partial charge is 0.226 e. The minimum absolute atomic E-state index is 0.0599. The van der Waals surface area contributed by atoms with Gasteiger partial charge in [0.15, 0.2) is 0 Å². The second kappa shape index (κ2) is 7.27. The summed E-state index contributed by atoms with van der Waals surface area (Å²) in [5, 5.41) is 5.97. The highest BCUT2D eigenvalue weighted by molar-refractivity contribution is 6.31. The Morgan fingerprint density at radius 1 is 1.09 bits per heavy atom. The number of anilines is 2. The molecule has 22 heavy (non-hydrogen) atoms. The number of carbonyl (C=O) groups is 1. The zero-order valence-electron chi connectivity index (χ0n) is 12.5. The largest absolute Gasteiger partial charge is 0.384 e. The first-order valence-corrected chi connectivity index (χ1v) is 7.39. The molecule has 0 atom stereocenters. The lowest BCUT2D eigenvalue weighted by molar-refractivity contribution is -0.115. The van der Waals surface area contributed by atoms with Gasteiger partial charge in [-0.1, -0.05) is 17.7 Å². The van der Waals surface area contributed by atoms with Gasteiger partial charge in [-0.05, 0) is 55.3 Å². The minimum Gasteiger partial charge on any atom is -0.384 e. The van der Waals surface area contributed by atoms with Crippen LogP contribution in [0.15, 0.2) is 36.4 Å². The van der Waals surface area contributed by atoms with Gasteiger partial charge >= 0.3 is 0 Å². The van der Waals surface area contributed by atoms with Crippen LogP contribution in [0.2, 0.25) is 5.02 Å². The van der Waals surface area contributed by atoms with Gasteiger partial charge < -0.3 is 10.6 Å². The Balaban J connectivity index is 1.83. The van der Waals surface area contributed by atoms with E-state index >= 15 is 0 Å². The van der Waals surface area contributed by atoms with Crippen LogP contribution >= 0.6 is 11.6 Å². The van der Waals surface area contributed by atoms with Crippen molar-refractivity contribution in [1.82, 2.24) is 0 Å². The van der Waals surface area contributed by atoms with Gasteiger partial charge in [0, 0.05) is 24.3 Å². The molecule has 0 unspecified atom stereocenters. The van der Waals surface area contributed by atoms with Crippen molar-refractivity contribution in [1.29, 1.82) is 0 Å². The van der Waals surface area contributed by atoms with Crippen LogP contribution in [0.4, 0.5) is 15.8 Å². The molecule has 0 fully saturated rings. The number of hydrogen-bond acceptors (Lipinski definition) is 2. The Kier molecular flexibility index (Phi) is 5.39. The summed E-state index contributed by atoms with van der Waals surface area (Å²) in [5.41, 5.74) is 3.70. The number of nitrogens with one attached hydrogen (secondary N) is 2. The van der Waals surface area contributed by atoms with E-state index in [1.807, 2.05) is 26.0 Å².